The Morgan fingerprint density at radius 2 is 1.90 bits per heavy atom. The molecule has 0 atom stereocenters. The van der Waals surface area contributed by atoms with E-state index in [1.54, 1.807) is 0 Å². The molecule has 0 N–H and O–H groups in total. The van der Waals surface area contributed by atoms with E-state index in [-0.39, 0.29) is 0 Å². The molecule has 2 heterocycles. The van der Waals surface area contributed by atoms with Gasteiger partial charge in [-0.3, -0.25) is 4.90 Å². The van der Waals surface area contributed by atoms with Crippen molar-refractivity contribution in [2.45, 2.75) is 6.54 Å². The second-order valence-corrected chi connectivity index (χ2v) is 6.77. The zero-order valence-corrected chi connectivity index (χ0v) is 13.1. The largest absolute Gasteiger partial charge is 0.369 e. The summed E-state index contributed by atoms with van der Waals surface area (Å²) in [6.07, 6.45) is 0. The van der Waals surface area contributed by atoms with E-state index < -0.39 is 0 Å². The molecule has 106 valence electrons. The molecular formula is C13H14Cl2N4S. The fraction of sp³-hybridized carbons (Fsp3) is 0.385. The van der Waals surface area contributed by atoms with Gasteiger partial charge in [0.25, 0.3) is 0 Å². The molecule has 0 spiro atoms. The van der Waals surface area contributed by atoms with Gasteiger partial charge < -0.3 is 4.90 Å². The van der Waals surface area contributed by atoms with Crippen LogP contribution in [0.2, 0.25) is 9.49 Å². The molecule has 7 heteroatoms. The van der Waals surface area contributed by atoms with E-state index in [9.17, 15) is 0 Å². The minimum atomic E-state index is 0.512. The average Bonchev–Trinajstić information content (AvgIpc) is 2.85. The molecule has 1 aromatic heterocycles. The molecule has 0 saturated carbocycles. The van der Waals surface area contributed by atoms with Gasteiger partial charge >= 0.3 is 0 Å². The highest BCUT2D eigenvalue weighted by Crippen LogP contribution is 2.22. The molecule has 0 unspecified atom stereocenters. The summed E-state index contributed by atoms with van der Waals surface area (Å²) in [6.45, 7) is 4.82. The van der Waals surface area contributed by atoms with Crippen LogP contribution < -0.4 is 4.90 Å². The molecular weight excluding hydrogens is 315 g/mol. The lowest BCUT2D eigenvalue weighted by Crippen LogP contribution is -2.45. The van der Waals surface area contributed by atoms with Crippen molar-refractivity contribution < 1.29 is 0 Å². The number of benzene rings is 1. The number of anilines is 1. The number of hydrogen-bond donors (Lipinski definition) is 0. The summed E-state index contributed by atoms with van der Waals surface area (Å²) < 4.78 is 0.512. The van der Waals surface area contributed by atoms with Crippen molar-refractivity contribution in [1.29, 1.82) is 0 Å². The highest BCUT2D eigenvalue weighted by molar-refractivity contribution is 7.15. The summed E-state index contributed by atoms with van der Waals surface area (Å²) in [6, 6.07) is 8.02. The number of halogens is 2. The van der Waals surface area contributed by atoms with Crippen LogP contribution in [0.4, 0.5) is 5.69 Å². The first-order valence-electron chi connectivity index (χ1n) is 6.41. The van der Waals surface area contributed by atoms with E-state index in [2.05, 4.69) is 26.1 Å². The lowest BCUT2D eigenvalue weighted by Gasteiger charge is -2.35. The molecule has 1 aliphatic heterocycles. The molecule has 1 aromatic carbocycles. The Labute approximate surface area is 131 Å². The topological polar surface area (TPSA) is 32.3 Å². The Bertz CT molecular complexity index is 581. The fourth-order valence-corrected chi connectivity index (χ4v) is 3.42. The maximum absolute atomic E-state index is 6.04. The predicted octanol–water partition coefficient (Wildman–Crippen LogP) is 3.17. The van der Waals surface area contributed by atoms with Gasteiger partial charge in [0, 0.05) is 36.9 Å². The van der Waals surface area contributed by atoms with Gasteiger partial charge in [-0.05, 0) is 29.8 Å². The first-order chi connectivity index (χ1) is 9.70. The lowest BCUT2D eigenvalue weighted by atomic mass is 10.2. The summed E-state index contributed by atoms with van der Waals surface area (Å²) in [5, 5.41) is 9.66. The van der Waals surface area contributed by atoms with Crippen LogP contribution in [0.25, 0.3) is 0 Å². The standard InChI is InChI=1S/C13H14Cl2N4S/c14-10-2-1-3-11(8-10)19-6-4-18(5-7-19)9-12-16-17-13(15)20-12/h1-3,8H,4-7,9H2. The Balaban J connectivity index is 1.57. The van der Waals surface area contributed by atoms with Crippen LogP contribution in [0.1, 0.15) is 5.01 Å². The summed E-state index contributed by atoms with van der Waals surface area (Å²) >= 11 is 13.3. The van der Waals surface area contributed by atoms with Gasteiger partial charge in [-0.1, -0.05) is 29.0 Å². The van der Waals surface area contributed by atoms with Gasteiger partial charge in [0.2, 0.25) is 4.47 Å². The third kappa shape index (κ3) is 3.41. The van der Waals surface area contributed by atoms with E-state index in [0.717, 1.165) is 42.8 Å². The predicted molar refractivity (Wildman–Crippen MR) is 83.9 cm³/mol. The maximum Gasteiger partial charge on any atom is 0.207 e. The van der Waals surface area contributed by atoms with Crippen LogP contribution in [0.5, 0.6) is 0 Å². The smallest absolute Gasteiger partial charge is 0.207 e. The molecule has 0 aliphatic carbocycles. The molecule has 1 saturated heterocycles. The second kappa shape index (κ2) is 6.26. The van der Waals surface area contributed by atoms with Crippen LogP contribution in [0.3, 0.4) is 0 Å². The normalized spacial score (nSPS) is 16.6. The van der Waals surface area contributed by atoms with Gasteiger partial charge in [-0.2, -0.15) is 0 Å². The molecule has 2 aromatic rings. The molecule has 20 heavy (non-hydrogen) atoms. The highest BCUT2D eigenvalue weighted by atomic mass is 35.5. The SMILES string of the molecule is Clc1cccc(N2CCN(Cc3nnc(Cl)s3)CC2)c1. The molecule has 4 nitrogen and oxygen atoms in total. The number of rotatable bonds is 3. The molecule has 1 aliphatic rings. The molecule has 0 amide bonds. The van der Waals surface area contributed by atoms with Crippen LogP contribution in [0, 0.1) is 0 Å². The monoisotopic (exact) mass is 328 g/mol. The summed E-state index contributed by atoms with van der Waals surface area (Å²) in [7, 11) is 0. The van der Waals surface area contributed by atoms with E-state index in [0.29, 0.717) is 4.47 Å². The molecule has 0 radical (unpaired) electrons. The Hall–Kier alpha value is -0.880. The third-order valence-corrected chi connectivity index (χ3v) is 4.59. The van der Waals surface area contributed by atoms with Crippen molar-refractivity contribution in [2.24, 2.45) is 0 Å². The van der Waals surface area contributed by atoms with Gasteiger partial charge in [0.1, 0.15) is 5.01 Å². The minimum absolute atomic E-state index is 0.512. The van der Waals surface area contributed by atoms with Crippen molar-refractivity contribution in [3.05, 3.63) is 38.8 Å². The van der Waals surface area contributed by atoms with E-state index in [4.69, 9.17) is 23.2 Å². The zero-order valence-electron chi connectivity index (χ0n) is 10.8. The van der Waals surface area contributed by atoms with E-state index in [1.165, 1.54) is 17.0 Å². The van der Waals surface area contributed by atoms with Crippen molar-refractivity contribution in [2.75, 3.05) is 31.1 Å². The highest BCUT2D eigenvalue weighted by Gasteiger charge is 2.18. The fourth-order valence-electron chi connectivity index (χ4n) is 2.33. The van der Waals surface area contributed by atoms with Gasteiger partial charge in [-0.25, -0.2) is 0 Å². The van der Waals surface area contributed by atoms with Crippen LogP contribution in [-0.2, 0) is 6.54 Å². The first-order valence-corrected chi connectivity index (χ1v) is 7.99. The van der Waals surface area contributed by atoms with Crippen LogP contribution in [-0.4, -0.2) is 41.3 Å². The third-order valence-electron chi connectivity index (χ3n) is 3.35. The van der Waals surface area contributed by atoms with Crippen molar-refractivity contribution in [1.82, 2.24) is 15.1 Å². The van der Waals surface area contributed by atoms with Gasteiger partial charge in [0.15, 0.2) is 0 Å². The summed E-state index contributed by atoms with van der Waals surface area (Å²) in [5.41, 5.74) is 1.19. The molecule has 0 bridgehead atoms. The minimum Gasteiger partial charge on any atom is -0.369 e. The maximum atomic E-state index is 6.04. The zero-order chi connectivity index (χ0) is 13.9. The van der Waals surface area contributed by atoms with E-state index >= 15 is 0 Å². The number of nitrogens with zero attached hydrogens (tertiary/aromatic N) is 4. The Kier molecular flexibility index (Phi) is 4.41. The number of piperazine rings is 1. The average molecular weight is 329 g/mol. The van der Waals surface area contributed by atoms with Gasteiger partial charge in [0.05, 0.1) is 6.54 Å². The lowest BCUT2D eigenvalue weighted by molar-refractivity contribution is 0.249. The summed E-state index contributed by atoms with van der Waals surface area (Å²) in [5.74, 6) is 0. The Morgan fingerprint density at radius 1 is 1.10 bits per heavy atom. The second-order valence-electron chi connectivity index (χ2n) is 4.69. The number of aromatic nitrogens is 2. The molecule has 1 fully saturated rings. The van der Waals surface area contributed by atoms with Crippen LogP contribution >= 0.6 is 34.5 Å². The van der Waals surface area contributed by atoms with Crippen molar-refractivity contribution >= 4 is 40.2 Å². The molecule has 3 rings (SSSR count). The van der Waals surface area contributed by atoms with Crippen LogP contribution in [0.15, 0.2) is 24.3 Å². The number of hydrogen-bond acceptors (Lipinski definition) is 5. The van der Waals surface area contributed by atoms with E-state index in [1.807, 2.05) is 18.2 Å². The summed E-state index contributed by atoms with van der Waals surface area (Å²) in [4.78, 5) is 4.73. The quantitative estimate of drug-likeness (QED) is 0.866. The Morgan fingerprint density at radius 3 is 2.55 bits per heavy atom. The van der Waals surface area contributed by atoms with Gasteiger partial charge in [-0.15, -0.1) is 10.2 Å². The van der Waals surface area contributed by atoms with Crippen molar-refractivity contribution in [3.63, 3.8) is 0 Å². The van der Waals surface area contributed by atoms with Crippen molar-refractivity contribution in [3.8, 4) is 0 Å². The first kappa shape index (κ1) is 14.1.